The van der Waals surface area contributed by atoms with Gasteiger partial charge in [-0.2, -0.15) is 0 Å². The fourth-order valence-corrected chi connectivity index (χ4v) is 4.35. The summed E-state index contributed by atoms with van der Waals surface area (Å²) in [6.45, 7) is 2.97. The summed E-state index contributed by atoms with van der Waals surface area (Å²) in [6.07, 6.45) is 3.76. The van der Waals surface area contributed by atoms with Gasteiger partial charge in [0.2, 0.25) is 11.8 Å². The summed E-state index contributed by atoms with van der Waals surface area (Å²) in [4.78, 5) is 31.5. The van der Waals surface area contributed by atoms with Crippen LogP contribution in [-0.4, -0.2) is 34.8 Å². The van der Waals surface area contributed by atoms with E-state index in [1.54, 1.807) is 6.07 Å². The molecule has 2 aromatic rings. The van der Waals surface area contributed by atoms with Gasteiger partial charge in [-0.05, 0) is 43.6 Å². The van der Waals surface area contributed by atoms with E-state index in [4.69, 9.17) is 0 Å². The van der Waals surface area contributed by atoms with Gasteiger partial charge in [0.25, 0.3) is 0 Å². The lowest BCUT2D eigenvalue weighted by Gasteiger charge is -2.25. The van der Waals surface area contributed by atoms with Gasteiger partial charge in [-0.1, -0.05) is 12.5 Å². The van der Waals surface area contributed by atoms with Crippen LogP contribution in [0.4, 0.5) is 15.2 Å². The van der Waals surface area contributed by atoms with E-state index in [0.717, 1.165) is 25.3 Å². The van der Waals surface area contributed by atoms with Crippen molar-refractivity contribution in [3.05, 3.63) is 40.7 Å². The van der Waals surface area contributed by atoms with Crippen molar-refractivity contribution in [2.75, 3.05) is 23.7 Å². The lowest BCUT2D eigenvalue weighted by Crippen LogP contribution is -2.31. The third-order valence-corrected chi connectivity index (χ3v) is 5.79. The lowest BCUT2D eigenvalue weighted by atomic mass is 9.90. The van der Waals surface area contributed by atoms with Crippen LogP contribution in [0, 0.1) is 5.82 Å². The number of thiazole rings is 1. The van der Waals surface area contributed by atoms with E-state index in [1.807, 2.05) is 5.38 Å². The highest BCUT2D eigenvalue weighted by Gasteiger charge is 2.31. The normalized spacial score (nSPS) is 20.0. The minimum atomic E-state index is -0.649. The van der Waals surface area contributed by atoms with Crippen molar-refractivity contribution in [2.24, 2.45) is 0 Å². The minimum Gasteiger partial charge on any atom is -0.326 e. The number of benzene rings is 1. The Labute approximate surface area is 160 Å². The monoisotopic (exact) mass is 388 g/mol. The number of piperidine rings is 1. The molecule has 3 heterocycles. The molecule has 6 nitrogen and oxygen atoms in total. The van der Waals surface area contributed by atoms with E-state index in [0.29, 0.717) is 16.4 Å². The number of carbonyl (C=O) groups is 2. The molecule has 27 heavy (non-hydrogen) atoms. The zero-order valence-electron chi connectivity index (χ0n) is 14.8. The van der Waals surface area contributed by atoms with E-state index in [9.17, 15) is 14.0 Å². The molecular weight excluding hydrogens is 367 g/mol. The minimum absolute atomic E-state index is 0.0382. The molecule has 1 aromatic carbocycles. The molecule has 0 bridgehead atoms. The van der Waals surface area contributed by atoms with E-state index in [-0.39, 0.29) is 18.2 Å². The molecule has 4 rings (SSSR count). The lowest BCUT2D eigenvalue weighted by molar-refractivity contribution is -0.123. The third kappa shape index (κ3) is 4.17. The van der Waals surface area contributed by atoms with E-state index < -0.39 is 11.7 Å². The number of nitrogens with zero attached hydrogens (tertiary/aromatic N) is 2. The van der Waals surface area contributed by atoms with Crippen LogP contribution in [0.3, 0.4) is 0 Å². The van der Waals surface area contributed by atoms with Gasteiger partial charge in [0, 0.05) is 24.0 Å². The van der Waals surface area contributed by atoms with Crippen molar-refractivity contribution < 1.29 is 14.0 Å². The Kier molecular flexibility index (Phi) is 5.18. The fourth-order valence-electron chi connectivity index (χ4n) is 3.65. The molecule has 1 aromatic heterocycles. The Balaban J connectivity index is 1.44. The maximum Gasteiger partial charge on any atom is 0.234 e. The second kappa shape index (κ2) is 7.74. The van der Waals surface area contributed by atoms with Gasteiger partial charge < -0.3 is 10.6 Å². The fraction of sp³-hybridized carbons (Fsp3) is 0.421. The molecule has 2 aliphatic heterocycles. The second-order valence-electron chi connectivity index (χ2n) is 7.01. The molecule has 1 atom stereocenters. The molecule has 1 saturated heterocycles. The summed E-state index contributed by atoms with van der Waals surface area (Å²) in [5.41, 5.74) is 1.93. The molecule has 2 amide bonds. The number of halogens is 1. The van der Waals surface area contributed by atoms with Crippen molar-refractivity contribution in [2.45, 2.75) is 38.1 Å². The quantitative estimate of drug-likeness (QED) is 0.843. The number of hydrogen-bond donors (Lipinski definition) is 2. The predicted octanol–water partition coefficient (Wildman–Crippen LogP) is 3.33. The van der Waals surface area contributed by atoms with Crippen LogP contribution in [0.1, 0.15) is 42.9 Å². The number of nitrogens with one attached hydrogen (secondary N) is 2. The molecule has 2 aliphatic rings. The zero-order valence-corrected chi connectivity index (χ0v) is 15.7. The first-order chi connectivity index (χ1) is 13.1. The van der Waals surface area contributed by atoms with Gasteiger partial charge in [0.05, 0.1) is 11.6 Å². The van der Waals surface area contributed by atoms with E-state index >= 15 is 0 Å². The van der Waals surface area contributed by atoms with Crippen molar-refractivity contribution in [1.29, 1.82) is 0 Å². The van der Waals surface area contributed by atoms with Crippen LogP contribution in [0.5, 0.6) is 0 Å². The van der Waals surface area contributed by atoms with Crippen LogP contribution in [0.2, 0.25) is 0 Å². The van der Waals surface area contributed by atoms with Crippen LogP contribution in [0.15, 0.2) is 23.6 Å². The summed E-state index contributed by atoms with van der Waals surface area (Å²) >= 11 is 1.38. The van der Waals surface area contributed by atoms with Crippen LogP contribution < -0.4 is 10.6 Å². The number of aromatic nitrogens is 1. The molecule has 2 N–H and O–H groups in total. The highest BCUT2D eigenvalue weighted by Crippen LogP contribution is 2.34. The van der Waals surface area contributed by atoms with Crippen molar-refractivity contribution in [3.63, 3.8) is 0 Å². The zero-order chi connectivity index (χ0) is 18.8. The van der Waals surface area contributed by atoms with Gasteiger partial charge in [0.15, 0.2) is 5.13 Å². The number of hydrogen-bond acceptors (Lipinski definition) is 5. The Morgan fingerprint density at radius 3 is 2.96 bits per heavy atom. The summed E-state index contributed by atoms with van der Waals surface area (Å²) in [6, 6.07) is 4.10. The van der Waals surface area contributed by atoms with E-state index in [2.05, 4.69) is 20.5 Å². The largest absolute Gasteiger partial charge is 0.326 e. The van der Waals surface area contributed by atoms with Crippen molar-refractivity contribution in [3.8, 4) is 0 Å². The second-order valence-corrected chi connectivity index (χ2v) is 7.86. The first-order valence-electron chi connectivity index (χ1n) is 9.15. The maximum atomic E-state index is 13.4. The molecule has 0 aliphatic carbocycles. The van der Waals surface area contributed by atoms with Gasteiger partial charge in [-0.15, -0.1) is 11.3 Å². The summed E-state index contributed by atoms with van der Waals surface area (Å²) in [7, 11) is 0. The summed E-state index contributed by atoms with van der Waals surface area (Å²) < 4.78 is 13.4. The molecule has 0 spiro atoms. The first-order valence-corrected chi connectivity index (χ1v) is 10.0. The summed E-state index contributed by atoms with van der Waals surface area (Å²) in [5.74, 6) is -1.68. The van der Waals surface area contributed by atoms with Gasteiger partial charge in [0.1, 0.15) is 5.82 Å². The molecule has 8 heteroatoms. The van der Waals surface area contributed by atoms with E-state index in [1.165, 1.54) is 42.7 Å². The topological polar surface area (TPSA) is 74.3 Å². The molecular formula is C19H21FN4O2S. The Morgan fingerprint density at radius 1 is 1.33 bits per heavy atom. The molecule has 0 radical (unpaired) electrons. The van der Waals surface area contributed by atoms with Crippen LogP contribution in [0.25, 0.3) is 0 Å². The number of fused-ring (bicyclic) bond motifs is 1. The van der Waals surface area contributed by atoms with Crippen molar-refractivity contribution in [1.82, 2.24) is 9.88 Å². The van der Waals surface area contributed by atoms with Crippen molar-refractivity contribution >= 4 is 34.0 Å². The maximum absolute atomic E-state index is 13.4. The average Bonchev–Trinajstić information content (AvgIpc) is 3.08. The first kappa shape index (κ1) is 18.1. The van der Waals surface area contributed by atoms with Crippen LogP contribution >= 0.6 is 11.3 Å². The van der Waals surface area contributed by atoms with Gasteiger partial charge in [-0.25, -0.2) is 9.37 Å². The standard InChI is InChI=1S/C19H21FN4O2S/c20-12-4-5-14-15(9-17(25)22-16(14)8-12)18(26)23-19-21-13(11-27-19)10-24-6-2-1-3-7-24/h4-5,8,11,15H,1-3,6-7,9-10H2,(H,22,25)(H,21,23,26)/t15-/m1/s1. The van der Waals surface area contributed by atoms with Crippen LogP contribution in [-0.2, 0) is 16.1 Å². The predicted molar refractivity (Wildman–Crippen MR) is 102 cm³/mol. The number of rotatable bonds is 4. The number of anilines is 2. The highest BCUT2D eigenvalue weighted by atomic mass is 32.1. The SMILES string of the molecule is O=C1C[C@@H](C(=O)Nc2nc(CN3CCCCC3)cs2)c2ccc(F)cc2N1. The third-order valence-electron chi connectivity index (χ3n) is 4.99. The highest BCUT2D eigenvalue weighted by molar-refractivity contribution is 7.13. The Hall–Kier alpha value is -2.32. The molecule has 1 fully saturated rings. The molecule has 0 saturated carbocycles. The molecule has 0 unspecified atom stereocenters. The van der Waals surface area contributed by atoms with Gasteiger partial charge in [-0.3, -0.25) is 14.5 Å². The molecule has 142 valence electrons. The number of likely N-dealkylation sites (tertiary alicyclic amines) is 1. The average molecular weight is 388 g/mol. The Morgan fingerprint density at radius 2 is 2.15 bits per heavy atom. The smallest absolute Gasteiger partial charge is 0.234 e. The van der Waals surface area contributed by atoms with Gasteiger partial charge >= 0.3 is 0 Å². The summed E-state index contributed by atoms with van der Waals surface area (Å²) in [5, 5.41) is 7.93. The Bertz CT molecular complexity index is 863. The number of amides is 2. The number of carbonyl (C=O) groups excluding carboxylic acids is 2.